The summed E-state index contributed by atoms with van der Waals surface area (Å²) in [6, 6.07) is 4.15. The Balaban J connectivity index is 0.00000361. The number of benzene rings is 1. The van der Waals surface area contributed by atoms with Crippen LogP contribution in [0.1, 0.15) is 42.1 Å². The Morgan fingerprint density at radius 3 is 2.72 bits per heavy atom. The molecule has 0 amide bonds. The molecule has 0 bridgehead atoms. The van der Waals surface area contributed by atoms with Crippen molar-refractivity contribution in [2.24, 2.45) is 0 Å². The number of aromatic nitrogens is 1. The molecule has 4 rings (SSSR count). The van der Waals surface area contributed by atoms with Gasteiger partial charge in [0.2, 0.25) is 0 Å². The van der Waals surface area contributed by atoms with Gasteiger partial charge in [-0.05, 0) is 0 Å². The van der Waals surface area contributed by atoms with E-state index in [4.69, 9.17) is 9.47 Å². The van der Waals surface area contributed by atoms with Gasteiger partial charge in [-0.25, -0.2) is 0 Å². The molecule has 2 aliphatic heterocycles. The number of thiazole rings is 1. The van der Waals surface area contributed by atoms with Gasteiger partial charge >= 0.3 is 215 Å². The fourth-order valence-corrected chi connectivity index (χ4v) is 9.13. The van der Waals surface area contributed by atoms with Crippen molar-refractivity contribution in [3.05, 3.63) is 50.3 Å². The molecule has 1 unspecified atom stereocenters. The van der Waals surface area contributed by atoms with Crippen molar-refractivity contribution < 1.29 is 47.9 Å². The monoisotopic (exact) mass is 706 g/mol. The number of thioether (sulfide) groups is 1. The van der Waals surface area contributed by atoms with Gasteiger partial charge < -0.3 is 24.0 Å². The van der Waals surface area contributed by atoms with E-state index in [0.717, 1.165) is 39.9 Å². The number of methoxy groups -OCH3 is 2. The van der Waals surface area contributed by atoms with E-state index >= 15 is 0 Å². The first-order valence-electron chi connectivity index (χ1n) is 11.6. The van der Waals surface area contributed by atoms with Crippen LogP contribution in [0.3, 0.4) is 0 Å². The number of hydrogen-bond donors (Lipinski definition) is 1. The maximum absolute atomic E-state index is 11.4. The molecule has 0 saturated heterocycles. The molecule has 10 heteroatoms. The molecule has 194 valence electrons. The summed E-state index contributed by atoms with van der Waals surface area (Å²) in [4.78, 5) is 15.9. The summed E-state index contributed by atoms with van der Waals surface area (Å²) >= 11 is 3.75. The average Bonchev–Trinajstić information content (AvgIpc) is 3.36. The second-order valence-electron chi connectivity index (χ2n) is 8.18. The average molecular weight is 706 g/mol. The molecular weight excluding hydrogens is 674 g/mol. The third kappa shape index (κ3) is 6.22. The van der Waals surface area contributed by atoms with Gasteiger partial charge in [0, 0.05) is 0 Å². The molecule has 0 saturated carbocycles. The molecule has 0 fully saturated rings. The van der Waals surface area contributed by atoms with Crippen LogP contribution in [0.2, 0.25) is 0 Å². The molecule has 2 aliphatic rings. The third-order valence-corrected chi connectivity index (χ3v) is 11.0. The minimum Gasteiger partial charge on any atom is -1.00 e. The molecular formula is C26H31IN2O4S2Se. The number of carbonyl (C=O) groups is 1. The number of hydrogen-bond acceptors (Lipinski definition) is 6. The van der Waals surface area contributed by atoms with Crippen molar-refractivity contribution in [3.63, 3.8) is 0 Å². The SMILES string of the molecule is CCC(=Cc1sc2c([n+]1CC)[Se]C(OC)C=C2)C=C1Sc2cc(OC)c(C)cc2N1CCC(=O)O.[I-]. The zero-order valence-corrected chi connectivity index (χ0v) is 26.5. The van der Waals surface area contributed by atoms with E-state index in [1.807, 2.05) is 18.3 Å². The molecule has 0 radical (unpaired) electrons. The Bertz CT molecular complexity index is 1230. The van der Waals surface area contributed by atoms with E-state index in [1.54, 1.807) is 26.0 Å². The normalized spacial score (nSPS) is 17.7. The minimum atomic E-state index is -0.795. The first-order valence-corrected chi connectivity index (χ1v) is 15.1. The van der Waals surface area contributed by atoms with Crippen LogP contribution in [0.5, 0.6) is 5.75 Å². The van der Waals surface area contributed by atoms with Crippen molar-refractivity contribution in [2.45, 2.75) is 50.1 Å². The van der Waals surface area contributed by atoms with Crippen LogP contribution in [0.15, 0.2) is 39.8 Å². The summed E-state index contributed by atoms with van der Waals surface area (Å²) in [6.45, 7) is 7.72. The third-order valence-electron chi connectivity index (χ3n) is 5.94. The van der Waals surface area contributed by atoms with E-state index in [9.17, 15) is 9.90 Å². The zero-order chi connectivity index (χ0) is 25.1. The second kappa shape index (κ2) is 13.0. The van der Waals surface area contributed by atoms with Gasteiger partial charge in [0.1, 0.15) is 0 Å². The van der Waals surface area contributed by atoms with Crippen LogP contribution in [0.4, 0.5) is 5.69 Å². The van der Waals surface area contributed by atoms with E-state index in [2.05, 4.69) is 59.8 Å². The van der Waals surface area contributed by atoms with Crippen LogP contribution >= 0.6 is 23.1 Å². The first kappa shape index (κ1) is 29.3. The first-order chi connectivity index (χ1) is 16.9. The zero-order valence-electron chi connectivity index (χ0n) is 21.0. The molecule has 1 N–H and O–H groups in total. The molecule has 0 spiro atoms. The van der Waals surface area contributed by atoms with Gasteiger partial charge in [-0.1, -0.05) is 0 Å². The van der Waals surface area contributed by atoms with Crippen molar-refractivity contribution in [2.75, 3.05) is 25.7 Å². The number of aryl methyl sites for hydroxylation is 1. The number of carboxylic acid groups (broad SMARTS) is 1. The molecule has 1 aromatic heterocycles. The maximum atomic E-state index is 11.4. The summed E-state index contributed by atoms with van der Waals surface area (Å²) in [7, 11) is 3.46. The molecule has 3 heterocycles. The van der Waals surface area contributed by atoms with Gasteiger partial charge in [0.05, 0.1) is 7.11 Å². The van der Waals surface area contributed by atoms with Crippen LogP contribution in [0.25, 0.3) is 12.2 Å². The second-order valence-corrected chi connectivity index (χ2v) is 12.6. The van der Waals surface area contributed by atoms with Gasteiger partial charge in [0.25, 0.3) is 0 Å². The number of rotatable bonds is 9. The Morgan fingerprint density at radius 1 is 1.31 bits per heavy atom. The smallest absolute Gasteiger partial charge is 1.00 e. The molecule has 1 atom stereocenters. The Kier molecular flexibility index (Phi) is 10.5. The number of allylic oxidation sites excluding steroid dienone is 2. The molecule has 36 heavy (non-hydrogen) atoms. The predicted molar refractivity (Wildman–Crippen MR) is 145 cm³/mol. The van der Waals surface area contributed by atoms with Crippen molar-refractivity contribution in [3.8, 4) is 5.75 Å². The molecule has 2 aromatic rings. The Hall–Kier alpha value is -1.30. The fourth-order valence-electron chi connectivity index (χ4n) is 4.08. The number of carboxylic acids is 1. The quantitative estimate of drug-likeness (QED) is 0.242. The minimum absolute atomic E-state index is 0. The molecule has 1 aromatic carbocycles. The van der Waals surface area contributed by atoms with E-state index in [1.165, 1.54) is 20.1 Å². The number of halogens is 1. The van der Waals surface area contributed by atoms with Crippen molar-refractivity contribution in [1.29, 1.82) is 0 Å². The molecule has 6 nitrogen and oxygen atoms in total. The topological polar surface area (TPSA) is 62.9 Å². The van der Waals surface area contributed by atoms with Crippen LogP contribution < -0.4 is 42.8 Å². The predicted octanol–water partition coefficient (Wildman–Crippen LogP) is 1.43. The van der Waals surface area contributed by atoms with Gasteiger partial charge in [-0.3, -0.25) is 0 Å². The van der Waals surface area contributed by atoms with E-state index < -0.39 is 5.97 Å². The number of aliphatic carboxylic acids is 1. The standard InChI is InChI=1S/C26H30N2O4S2Se.HI/c1-6-17(13-22-27(7-2)26-20(33-22)8-9-25(32-5)35-26)14-23-28(11-10-24(29)30)18-12-16(3)19(31-4)15-21(18)34-23;/h8-9,12-15,25H,6-7,10-11H2,1-5H3;1H. The number of ether oxygens (including phenoxy) is 2. The number of nitrogens with zero attached hydrogens (tertiary/aromatic N) is 2. The van der Waals surface area contributed by atoms with Crippen LogP contribution in [0, 0.1) is 6.92 Å². The number of anilines is 1. The summed E-state index contributed by atoms with van der Waals surface area (Å²) in [5.74, 6) is 0.0520. The van der Waals surface area contributed by atoms with Crippen LogP contribution in [-0.2, 0) is 16.1 Å². The summed E-state index contributed by atoms with van der Waals surface area (Å²) in [5, 5.41) is 11.8. The van der Waals surface area contributed by atoms with Crippen molar-refractivity contribution in [1.82, 2.24) is 0 Å². The van der Waals surface area contributed by atoms with Gasteiger partial charge in [-0.15, -0.1) is 0 Å². The van der Waals surface area contributed by atoms with Crippen LogP contribution in [-0.4, -0.2) is 51.8 Å². The van der Waals surface area contributed by atoms with Gasteiger partial charge in [-0.2, -0.15) is 0 Å². The Labute approximate surface area is 244 Å². The fraction of sp³-hybridized carbons (Fsp3) is 0.385. The summed E-state index contributed by atoms with van der Waals surface area (Å²) in [6.07, 6.45) is 9.82. The molecule has 0 aliphatic carbocycles. The van der Waals surface area contributed by atoms with Crippen molar-refractivity contribution >= 4 is 66.5 Å². The van der Waals surface area contributed by atoms with E-state index in [0.29, 0.717) is 6.54 Å². The Morgan fingerprint density at radius 2 is 2.08 bits per heavy atom. The summed E-state index contributed by atoms with van der Waals surface area (Å²) < 4.78 is 14.9. The number of fused-ring (bicyclic) bond motifs is 2. The van der Waals surface area contributed by atoms with E-state index in [-0.39, 0.29) is 50.4 Å². The summed E-state index contributed by atoms with van der Waals surface area (Å²) in [5.41, 5.74) is 3.30. The van der Waals surface area contributed by atoms with Gasteiger partial charge in [0.15, 0.2) is 0 Å².